The van der Waals surface area contributed by atoms with Gasteiger partial charge < -0.3 is 10.1 Å². The Hall–Kier alpha value is -0.410. The van der Waals surface area contributed by atoms with Crippen LogP contribution in [0, 0.1) is 23.2 Å². The predicted octanol–water partition coefficient (Wildman–Crippen LogP) is 2.40. The molecule has 0 amide bonds. The summed E-state index contributed by atoms with van der Waals surface area (Å²) in [5.41, 5.74) is 0.0487. The lowest BCUT2D eigenvalue weighted by atomic mass is 9.57. The summed E-state index contributed by atoms with van der Waals surface area (Å²) in [5.74, 6) is 3.02. The molecule has 4 aliphatic carbocycles. The molecule has 2 unspecified atom stereocenters. The van der Waals surface area contributed by atoms with E-state index in [2.05, 4.69) is 5.32 Å². The minimum absolute atomic E-state index is 0.0487. The highest BCUT2D eigenvalue weighted by Gasteiger charge is 2.51. The van der Waals surface area contributed by atoms with Crippen LogP contribution in [0.5, 0.6) is 0 Å². The van der Waals surface area contributed by atoms with Gasteiger partial charge in [0.2, 0.25) is 0 Å². The molecule has 4 saturated carbocycles. The summed E-state index contributed by atoms with van der Waals surface area (Å²) in [6.07, 6.45) is 9.13. The fourth-order valence-corrected chi connectivity index (χ4v) is 5.10. The van der Waals surface area contributed by atoms with Gasteiger partial charge in [0.25, 0.3) is 0 Å². The molecule has 0 saturated heterocycles. The first-order valence-corrected chi connectivity index (χ1v) is 7.95. The van der Waals surface area contributed by atoms with Gasteiger partial charge in [0, 0.05) is 19.1 Å². The highest BCUT2D eigenvalue weighted by Crippen LogP contribution is 2.57. The van der Waals surface area contributed by atoms with Gasteiger partial charge in [0.05, 0.1) is 13.2 Å². The molecule has 0 aliphatic heterocycles. The van der Waals surface area contributed by atoms with Gasteiger partial charge in [0.15, 0.2) is 5.78 Å². The molecule has 2 atom stereocenters. The summed E-state index contributed by atoms with van der Waals surface area (Å²) in [5, 5.41) is 3.26. The van der Waals surface area contributed by atoms with Gasteiger partial charge in [-0.15, -0.1) is 0 Å². The van der Waals surface area contributed by atoms with Crippen molar-refractivity contribution in [1.82, 2.24) is 5.32 Å². The number of carbonyl (C=O) groups is 1. The molecule has 0 heterocycles. The third-order valence-corrected chi connectivity index (χ3v) is 5.71. The number of carbonyl (C=O) groups excluding carboxylic acids is 1. The zero-order valence-electron chi connectivity index (χ0n) is 12.1. The first kappa shape index (κ1) is 13.6. The third kappa shape index (κ3) is 2.73. The summed E-state index contributed by atoms with van der Waals surface area (Å²) in [4.78, 5) is 12.7. The van der Waals surface area contributed by atoms with Crippen LogP contribution in [0.2, 0.25) is 0 Å². The summed E-state index contributed by atoms with van der Waals surface area (Å²) >= 11 is 0. The van der Waals surface area contributed by atoms with Crippen molar-refractivity contribution in [3.8, 4) is 0 Å². The maximum Gasteiger partial charge on any atom is 0.152 e. The van der Waals surface area contributed by atoms with Gasteiger partial charge in [-0.1, -0.05) is 12.8 Å². The Balaban J connectivity index is 1.63. The third-order valence-electron chi connectivity index (χ3n) is 5.71. The zero-order chi connectivity index (χ0) is 13.3. The molecule has 108 valence electrons. The lowest BCUT2D eigenvalue weighted by Crippen LogP contribution is -2.46. The minimum atomic E-state index is 0.0487. The molecule has 1 N–H and O–H groups in total. The SMILES string of the molecule is COCCNCC(=O)C12CC3CCC(CC(C3)C1)C2. The van der Waals surface area contributed by atoms with E-state index in [1.807, 2.05) is 0 Å². The van der Waals surface area contributed by atoms with E-state index in [9.17, 15) is 4.79 Å². The van der Waals surface area contributed by atoms with Crippen LogP contribution >= 0.6 is 0 Å². The van der Waals surface area contributed by atoms with Crippen LogP contribution in [-0.2, 0) is 9.53 Å². The van der Waals surface area contributed by atoms with Crippen molar-refractivity contribution in [2.75, 3.05) is 26.8 Å². The highest BCUT2D eigenvalue weighted by atomic mass is 16.5. The fourth-order valence-electron chi connectivity index (χ4n) is 5.10. The van der Waals surface area contributed by atoms with E-state index in [0.717, 1.165) is 24.3 Å². The smallest absolute Gasteiger partial charge is 0.152 e. The molecule has 0 radical (unpaired) electrons. The summed E-state index contributed by atoms with van der Waals surface area (Å²) in [6.45, 7) is 2.03. The van der Waals surface area contributed by atoms with E-state index < -0.39 is 0 Å². The van der Waals surface area contributed by atoms with E-state index in [1.54, 1.807) is 7.11 Å². The highest BCUT2D eigenvalue weighted by molar-refractivity contribution is 5.87. The molecule has 19 heavy (non-hydrogen) atoms. The average molecular weight is 265 g/mol. The monoisotopic (exact) mass is 265 g/mol. The Kier molecular flexibility index (Phi) is 3.95. The summed E-state index contributed by atoms with van der Waals surface area (Å²) < 4.78 is 5.02. The molecule has 4 rings (SSSR count). The zero-order valence-corrected chi connectivity index (χ0v) is 12.1. The molecular formula is C16H27NO2. The van der Waals surface area contributed by atoms with Crippen LogP contribution < -0.4 is 5.32 Å². The topological polar surface area (TPSA) is 38.3 Å². The van der Waals surface area contributed by atoms with Crippen LogP contribution in [0.4, 0.5) is 0 Å². The molecule has 3 nitrogen and oxygen atoms in total. The number of hydrogen-bond acceptors (Lipinski definition) is 3. The van der Waals surface area contributed by atoms with E-state index in [0.29, 0.717) is 18.9 Å². The molecule has 0 aromatic carbocycles. The van der Waals surface area contributed by atoms with Gasteiger partial charge in [-0.05, 0) is 49.9 Å². The van der Waals surface area contributed by atoms with Crippen molar-refractivity contribution < 1.29 is 9.53 Å². The molecule has 0 spiro atoms. The average Bonchev–Trinajstić information content (AvgIpc) is 2.61. The van der Waals surface area contributed by atoms with E-state index in [-0.39, 0.29) is 5.41 Å². The number of Topliss-reactive ketones (excluding diaryl/α,β-unsaturated/α-hetero) is 1. The van der Waals surface area contributed by atoms with E-state index in [4.69, 9.17) is 4.74 Å². The number of rotatable bonds is 6. The van der Waals surface area contributed by atoms with E-state index in [1.165, 1.54) is 44.9 Å². The molecular weight excluding hydrogens is 238 g/mol. The van der Waals surface area contributed by atoms with Crippen LogP contribution in [0.15, 0.2) is 0 Å². The molecule has 4 fully saturated rings. The number of nitrogens with one attached hydrogen (secondary N) is 1. The Bertz CT molecular complexity index is 326. The normalized spacial score (nSPS) is 40.4. The Morgan fingerprint density at radius 1 is 1.16 bits per heavy atom. The molecule has 4 bridgehead atoms. The maximum atomic E-state index is 12.7. The molecule has 0 aromatic rings. The van der Waals surface area contributed by atoms with Gasteiger partial charge in [0.1, 0.15) is 0 Å². The Morgan fingerprint density at radius 2 is 1.79 bits per heavy atom. The van der Waals surface area contributed by atoms with Gasteiger partial charge in [-0.3, -0.25) is 4.79 Å². The standard InChI is InChI=1S/C16H27NO2/c1-19-5-4-17-11-15(18)16-8-12-2-3-13(9-16)7-14(6-12)10-16/h12-14,17H,2-11H2,1H3. The first-order valence-electron chi connectivity index (χ1n) is 7.95. The van der Waals surface area contributed by atoms with Gasteiger partial charge in [-0.25, -0.2) is 0 Å². The molecule has 4 aliphatic rings. The maximum absolute atomic E-state index is 12.7. The quantitative estimate of drug-likeness (QED) is 0.749. The van der Waals surface area contributed by atoms with E-state index >= 15 is 0 Å². The second kappa shape index (κ2) is 5.53. The summed E-state index contributed by atoms with van der Waals surface area (Å²) in [6, 6.07) is 0. The van der Waals surface area contributed by atoms with Crippen molar-refractivity contribution >= 4 is 5.78 Å². The van der Waals surface area contributed by atoms with Crippen LogP contribution in [0.1, 0.15) is 44.9 Å². The van der Waals surface area contributed by atoms with Crippen molar-refractivity contribution in [3.63, 3.8) is 0 Å². The van der Waals surface area contributed by atoms with Crippen molar-refractivity contribution in [2.45, 2.75) is 44.9 Å². The molecule has 0 aromatic heterocycles. The number of methoxy groups -OCH3 is 1. The number of ether oxygens (including phenoxy) is 1. The van der Waals surface area contributed by atoms with Crippen LogP contribution in [0.3, 0.4) is 0 Å². The second-order valence-electron chi connectivity index (χ2n) is 7.13. The van der Waals surface area contributed by atoms with Crippen molar-refractivity contribution in [1.29, 1.82) is 0 Å². The largest absolute Gasteiger partial charge is 0.383 e. The second-order valence-corrected chi connectivity index (χ2v) is 7.13. The fraction of sp³-hybridized carbons (Fsp3) is 0.938. The van der Waals surface area contributed by atoms with Crippen molar-refractivity contribution in [2.24, 2.45) is 23.2 Å². The lowest BCUT2D eigenvalue weighted by molar-refractivity contribution is -0.135. The first-order chi connectivity index (χ1) is 9.22. The summed E-state index contributed by atoms with van der Waals surface area (Å²) in [7, 11) is 1.70. The molecule has 3 heteroatoms. The van der Waals surface area contributed by atoms with Gasteiger partial charge >= 0.3 is 0 Å². The number of fused-ring (bicyclic) bond motifs is 1. The number of ketones is 1. The number of hydrogen-bond donors (Lipinski definition) is 1. The van der Waals surface area contributed by atoms with Gasteiger partial charge in [-0.2, -0.15) is 0 Å². The van der Waals surface area contributed by atoms with Crippen LogP contribution in [-0.4, -0.2) is 32.6 Å². The lowest BCUT2D eigenvalue weighted by Gasteiger charge is -2.47. The van der Waals surface area contributed by atoms with Crippen LogP contribution in [0.25, 0.3) is 0 Å². The minimum Gasteiger partial charge on any atom is -0.383 e. The Morgan fingerprint density at radius 3 is 2.42 bits per heavy atom. The predicted molar refractivity (Wildman–Crippen MR) is 75.0 cm³/mol. The Labute approximate surface area is 116 Å². The van der Waals surface area contributed by atoms with Crippen molar-refractivity contribution in [3.05, 3.63) is 0 Å².